The first-order valence-electron chi connectivity index (χ1n) is 11.7. The van der Waals surface area contributed by atoms with Gasteiger partial charge in [-0.3, -0.25) is 14.5 Å². The zero-order chi connectivity index (χ0) is 25.5. The van der Waals surface area contributed by atoms with Gasteiger partial charge in [-0.05, 0) is 63.9 Å². The Morgan fingerprint density at radius 2 is 1.75 bits per heavy atom. The van der Waals surface area contributed by atoms with Crippen molar-refractivity contribution < 1.29 is 22.7 Å². The van der Waals surface area contributed by atoms with E-state index in [1.54, 1.807) is 0 Å². The lowest BCUT2D eigenvalue weighted by atomic mass is 10.0. The van der Waals surface area contributed by atoms with Crippen molar-refractivity contribution in [3.8, 4) is 0 Å². The summed E-state index contributed by atoms with van der Waals surface area (Å²) in [4.78, 5) is 28.7. The molecule has 2 aliphatic heterocycles. The van der Waals surface area contributed by atoms with Crippen molar-refractivity contribution >= 4 is 50.6 Å². The number of sulfonamides is 1. The monoisotopic (exact) mass is 556 g/mol. The van der Waals surface area contributed by atoms with Crippen LogP contribution in [0, 0.1) is 0 Å². The summed E-state index contributed by atoms with van der Waals surface area (Å²) in [5.74, 6) is -0.990. The second-order valence-corrected chi connectivity index (χ2v) is 12.5. The molecule has 36 heavy (non-hydrogen) atoms. The number of nitrogens with zero attached hydrogens (tertiary/aromatic N) is 2. The van der Waals surface area contributed by atoms with Crippen LogP contribution in [0.4, 0.5) is 5.00 Å². The Balaban J connectivity index is 0.00000361. The highest BCUT2D eigenvalue weighted by molar-refractivity contribution is 7.89. The van der Waals surface area contributed by atoms with Crippen LogP contribution in [0.15, 0.2) is 29.2 Å². The highest BCUT2D eigenvalue weighted by Crippen LogP contribution is 2.37. The molecule has 1 aromatic carbocycles. The second-order valence-electron chi connectivity index (χ2n) is 9.44. The van der Waals surface area contributed by atoms with E-state index in [0.717, 1.165) is 17.0 Å². The number of carbonyl (C=O) groups excluding carboxylic acids is 2. The maximum absolute atomic E-state index is 13.1. The number of hydrogen-bond donors (Lipinski definition) is 2. The van der Waals surface area contributed by atoms with E-state index in [-0.39, 0.29) is 42.6 Å². The SMILES string of the molecule is CC1CN(S(=O)(=O)c2ccc(C(=O)Nc3sc4c(c3C(N)=O)CCN(C(C)C)C4)cc2)CC(C)O1.Cl. The number of primary amides is 1. The summed E-state index contributed by atoms with van der Waals surface area (Å²) in [6, 6.07) is 6.20. The number of halogens is 1. The quantitative estimate of drug-likeness (QED) is 0.564. The molecule has 3 N–H and O–H groups in total. The molecular weight excluding hydrogens is 524 g/mol. The number of hydrogen-bond acceptors (Lipinski definition) is 7. The third-order valence-electron chi connectivity index (χ3n) is 6.43. The molecule has 0 saturated carbocycles. The molecule has 2 unspecified atom stereocenters. The average molecular weight is 557 g/mol. The zero-order valence-corrected chi connectivity index (χ0v) is 23.3. The smallest absolute Gasteiger partial charge is 0.256 e. The fraction of sp³-hybridized carbons (Fsp3) is 0.500. The van der Waals surface area contributed by atoms with Crippen molar-refractivity contribution in [2.45, 2.75) is 63.8 Å². The van der Waals surface area contributed by atoms with Crippen molar-refractivity contribution in [3.05, 3.63) is 45.8 Å². The van der Waals surface area contributed by atoms with Crippen LogP contribution in [0.5, 0.6) is 0 Å². The summed E-state index contributed by atoms with van der Waals surface area (Å²) >= 11 is 1.37. The van der Waals surface area contributed by atoms with E-state index in [1.807, 2.05) is 13.8 Å². The van der Waals surface area contributed by atoms with Crippen LogP contribution in [-0.2, 0) is 27.7 Å². The molecule has 1 aromatic heterocycles. The molecule has 1 fully saturated rings. The number of nitrogens with one attached hydrogen (secondary N) is 1. The standard InChI is InChI=1S/C24H32N4O5S2.ClH/c1-14(2)27-10-9-19-20(13-27)34-24(21(19)22(25)29)26-23(30)17-5-7-18(8-6-17)35(31,32)28-11-15(3)33-16(4)12-28;/h5-8,14-16H,9-13H2,1-4H3,(H2,25,29)(H,26,30);1H. The molecule has 9 nitrogen and oxygen atoms in total. The minimum absolute atomic E-state index is 0. The number of ether oxygens (including phenoxy) is 1. The zero-order valence-electron chi connectivity index (χ0n) is 20.8. The number of fused-ring (bicyclic) bond motifs is 1. The third kappa shape index (κ3) is 5.76. The van der Waals surface area contributed by atoms with Crippen LogP contribution in [0.2, 0.25) is 0 Å². The number of thiophene rings is 1. The van der Waals surface area contributed by atoms with Crippen LogP contribution in [-0.4, -0.2) is 67.3 Å². The van der Waals surface area contributed by atoms with Gasteiger partial charge in [0.25, 0.3) is 11.8 Å². The molecule has 0 aliphatic carbocycles. The maximum Gasteiger partial charge on any atom is 0.256 e. The van der Waals surface area contributed by atoms with E-state index in [4.69, 9.17) is 10.5 Å². The Hall–Kier alpha value is -2.02. The van der Waals surface area contributed by atoms with Gasteiger partial charge in [0.1, 0.15) is 5.00 Å². The largest absolute Gasteiger partial charge is 0.373 e. The molecule has 0 radical (unpaired) electrons. The number of morpholine rings is 1. The summed E-state index contributed by atoms with van der Waals surface area (Å²) in [5.41, 5.74) is 7.24. The minimum Gasteiger partial charge on any atom is -0.373 e. The van der Waals surface area contributed by atoms with Gasteiger partial charge in [0, 0.05) is 42.7 Å². The Labute approximate surface area is 222 Å². The fourth-order valence-electron chi connectivity index (χ4n) is 4.64. The van der Waals surface area contributed by atoms with Gasteiger partial charge in [0.2, 0.25) is 10.0 Å². The van der Waals surface area contributed by atoms with E-state index in [0.29, 0.717) is 35.1 Å². The summed E-state index contributed by atoms with van der Waals surface area (Å²) in [6.45, 7) is 10.0. The fourth-order valence-corrected chi connectivity index (χ4v) is 7.51. The van der Waals surface area contributed by atoms with E-state index in [1.165, 1.54) is 39.9 Å². The molecule has 12 heteroatoms. The van der Waals surface area contributed by atoms with Gasteiger partial charge in [0.15, 0.2) is 0 Å². The van der Waals surface area contributed by atoms with Gasteiger partial charge in [0.05, 0.1) is 22.7 Å². The lowest BCUT2D eigenvalue weighted by molar-refractivity contribution is -0.0440. The van der Waals surface area contributed by atoms with Crippen molar-refractivity contribution in [3.63, 3.8) is 0 Å². The van der Waals surface area contributed by atoms with Crippen LogP contribution in [0.3, 0.4) is 0 Å². The van der Waals surface area contributed by atoms with Gasteiger partial charge >= 0.3 is 0 Å². The molecular formula is C24H33ClN4O5S2. The molecule has 2 aromatic rings. The van der Waals surface area contributed by atoms with Gasteiger partial charge in [-0.15, -0.1) is 23.7 Å². The third-order valence-corrected chi connectivity index (χ3v) is 9.41. The van der Waals surface area contributed by atoms with Gasteiger partial charge in [-0.25, -0.2) is 8.42 Å². The lowest BCUT2D eigenvalue weighted by Crippen LogP contribution is -2.48. The summed E-state index contributed by atoms with van der Waals surface area (Å²) < 4.78 is 33.2. The predicted molar refractivity (Wildman–Crippen MR) is 142 cm³/mol. The molecule has 3 heterocycles. The first kappa shape index (κ1) is 28.5. The molecule has 4 rings (SSSR count). The van der Waals surface area contributed by atoms with Crippen LogP contribution < -0.4 is 11.1 Å². The number of anilines is 1. The number of amides is 2. The predicted octanol–water partition coefficient (Wildman–Crippen LogP) is 3.09. The van der Waals surface area contributed by atoms with Crippen molar-refractivity contribution in [1.29, 1.82) is 0 Å². The van der Waals surface area contributed by atoms with Gasteiger partial charge < -0.3 is 15.8 Å². The van der Waals surface area contributed by atoms with Gasteiger partial charge in [-0.1, -0.05) is 0 Å². The topological polar surface area (TPSA) is 122 Å². The molecule has 2 aliphatic rings. The maximum atomic E-state index is 13.1. The van der Waals surface area contributed by atoms with Crippen molar-refractivity contribution in [2.24, 2.45) is 5.73 Å². The normalized spacial score (nSPS) is 21.0. The number of carbonyl (C=O) groups is 2. The van der Waals surface area contributed by atoms with Crippen LogP contribution in [0.1, 0.15) is 58.9 Å². The number of nitrogens with two attached hydrogens (primary N) is 1. The Kier molecular flexibility index (Phi) is 8.85. The Bertz CT molecular complexity index is 1220. The summed E-state index contributed by atoms with van der Waals surface area (Å²) in [5, 5.41) is 3.26. The first-order valence-corrected chi connectivity index (χ1v) is 14.0. The molecule has 1 saturated heterocycles. The Morgan fingerprint density at radius 3 is 2.31 bits per heavy atom. The van der Waals surface area contributed by atoms with Gasteiger partial charge in [-0.2, -0.15) is 4.31 Å². The number of rotatable bonds is 6. The highest BCUT2D eigenvalue weighted by Gasteiger charge is 2.32. The minimum atomic E-state index is -3.70. The van der Waals surface area contributed by atoms with E-state index >= 15 is 0 Å². The van der Waals surface area contributed by atoms with Crippen molar-refractivity contribution in [2.75, 3.05) is 25.0 Å². The second kappa shape index (κ2) is 11.2. The molecule has 0 bridgehead atoms. The molecule has 2 atom stereocenters. The van der Waals surface area contributed by atoms with E-state index < -0.39 is 21.8 Å². The summed E-state index contributed by atoms with van der Waals surface area (Å²) in [6.07, 6.45) is 0.313. The van der Waals surface area contributed by atoms with Crippen LogP contribution in [0.25, 0.3) is 0 Å². The Morgan fingerprint density at radius 1 is 1.14 bits per heavy atom. The van der Waals surface area contributed by atoms with Crippen molar-refractivity contribution in [1.82, 2.24) is 9.21 Å². The molecule has 0 spiro atoms. The highest BCUT2D eigenvalue weighted by atomic mass is 35.5. The average Bonchev–Trinajstić information content (AvgIpc) is 3.15. The first-order chi connectivity index (χ1) is 16.5. The van der Waals surface area contributed by atoms with Crippen LogP contribution >= 0.6 is 23.7 Å². The molecule has 198 valence electrons. The summed E-state index contributed by atoms with van der Waals surface area (Å²) in [7, 11) is -3.70. The lowest BCUT2D eigenvalue weighted by Gasteiger charge is -2.34. The molecule has 2 amide bonds. The van der Waals surface area contributed by atoms with E-state index in [9.17, 15) is 18.0 Å². The number of benzene rings is 1. The van der Waals surface area contributed by atoms with E-state index in [2.05, 4.69) is 24.1 Å².